The summed E-state index contributed by atoms with van der Waals surface area (Å²) in [4.78, 5) is 20.9. The quantitative estimate of drug-likeness (QED) is 0.856. The molecule has 1 aliphatic heterocycles. The summed E-state index contributed by atoms with van der Waals surface area (Å²) in [6.07, 6.45) is 2.52. The number of nitrogens with two attached hydrogens (primary N) is 1. The van der Waals surface area contributed by atoms with Crippen molar-refractivity contribution in [2.75, 3.05) is 42.1 Å². The lowest BCUT2D eigenvalue weighted by molar-refractivity contribution is 0.215. The minimum absolute atomic E-state index is 0.148. The highest BCUT2D eigenvalue weighted by molar-refractivity contribution is 5.88. The average molecular weight is 358 g/mol. The minimum atomic E-state index is -0.161. The lowest BCUT2D eigenvalue weighted by atomic mass is 9.93. The van der Waals surface area contributed by atoms with Crippen molar-refractivity contribution < 1.29 is 9.32 Å². The van der Waals surface area contributed by atoms with Crippen molar-refractivity contribution in [2.45, 2.75) is 32.6 Å². The molecule has 1 fully saturated rings. The van der Waals surface area contributed by atoms with E-state index in [1.807, 2.05) is 32.9 Å². The number of nitrogens with one attached hydrogen (secondary N) is 1. The molecule has 0 spiro atoms. The van der Waals surface area contributed by atoms with Crippen LogP contribution in [0.5, 0.6) is 0 Å². The second kappa shape index (κ2) is 7.23. The van der Waals surface area contributed by atoms with Crippen molar-refractivity contribution in [3.8, 4) is 0 Å². The lowest BCUT2D eigenvalue weighted by Crippen LogP contribution is -2.38. The first-order valence-corrected chi connectivity index (χ1v) is 8.82. The SMILES string of the molecule is CC(C)(C)c1cc(NC(=O)N2CCCN(c3ccc(N)cn3)CC2)no1. The van der Waals surface area contributed by atoms with Crippen LogP contribution in [0.25, 0.3) is 0 Å². The summed E-state index contributed by atoms with van der Waals surface area (Å²) < 4.78 is 5.32. The summed E-state index contributed by atoms with van der Waals surface area (Å²) in [7, 11) is 0. The summed E-state index contributed by atoms with van der Waals surface area (Å²) in [5.41, 5.74) is 6.19. The van der Waals surface area contributed by atoms with Crippen molar-refractivity contribution in [1.82, 2.24) is 15.0 Å². The van der Waals surface area contributed by atoms with Gasteiger partial charge in [-0.15, -0.1) is 0 Å². The maximum Gasteiger partial charge on any atom is 0.323 e. The number of nitrogens with zero attached hydrogens (tertiary/aromatic N) is 4. The van der Waals surface area contributed by atoms with Gasteiger partial charge in [-0.2, -0.15) is 0 Å². The number of anilines is 3. The Balaban J connectivity index is 1.59. The van der Waals surface area contributed by atoms with E-state index in [-0.39, 0.29) is 11.4 Å². The van der Waals surface area contributed by atoms with Gasteiger partial charge < -0.3 is 20.1 Å². The molecule has 8 heteroatoms. The third-order valence-electron chi connectivity index (χ3n) is 4.36. The third kappa shape index (κ3) is 4.25. The first-order valence-electron chi connectivity index (χ1n) is 8.82. The second-order valence-electron chi connectivity index (χ2n) is 7.53. The van der Waals surface area contributed by atoms with E-state index >= 15 is 0 Å². The predicted molar refractivity (Wildman–Crippen MR) is 101 cm³/mol. The first-order chi connectivity index (χ1) is 12.3. The van der Waals surface area contributed by atoms with Gasteiger partial charge in [0.2, 0.25) is 0 Å². The molecule has 0 unspecified atom stereocenters. The molecule has 26 heavy (non-hydrogen) atoms. The molecule has 3 rings (SSSR count). The summed E-state index contributed by atoms with van der Waals surface area (Å²) in [6.45, 7) is 8.97. The zero-order valence-electron chi connectivity index (χ0n) is 15.5. The highest BCUT2D eigenvalue weighted by Crippen LogP contribution is 2.24. The van der Waals surface area contributed by atoms with Gasteiger partial charge in [0.15, 0.2) is 5.82 Å². The molecule has 3 N–H and O–H groups in total. The molecule has 2 aromatic rings. The van der Waals surface area contributed by atoms with Gasteiger partial charge in [-0.05, 0) is 18.6 Å². The van der Waals surface area contributed by atoms with Crippen molar-refractivity contribution >= 4 is 23.4 Å². The number of urea groups is 1. The molecular formula is C18H26N6O2. The van der Waals surface area contributed by atoms with E-state index in [0.29, 0.717) is 24.6 Å². The van der Waals surface area contributed by atoms with Gasteiger partial charge in [0.05, 0.1) is 11.9 Å². The largest absolute Gasteiger partial charge is 0.397 e. The highest BCUT2D eigenvalue weighted by atomic mass is 16.5. The molecule has 2 aromatic heterocycles. The zero-order valence-corrected chi connectivity index (χ0v) is 15.5. The molecule has 1 saturated heterocycles. The average Bonchev–Trinajstić information content (AvgIpc) is 2.92. The van der Waals surface area contributed by atoms with Crippen LogP contribution in [-0.2, 0) is 5.41 Å². The van der Waals surface area contributed by atoms with Crippen molar-refractivity contribution in [3.63, 3.8) is 0 Å². The van der Waals surface area contributed by atoms with Crippen LogP contribution in [0.2, 0.25) is 0 Å². The van der Waals surface area contributed by atoms with Gasteiger partial charge in [0.1, 0.15) is 11.6 Å². The predicted octanol–water partition coefficient (Wildman–Crippen LogP) is 2.69. The van der Waals surface area contributed by atoms with Crippen LogP contribution >= 0.6 is 0 Å². The van der Waals surface area contributed by atoms with Crippen LogP contribution in [0.1, 0.15) is 33.0 Å². The Morgan fingerprint density at radius 2 is 2.04 bits per heavy atom. The maximum absolute atomic E-state index is 12.5. The fraction of sp³-hybridized carbons (Fsp3) is 0.500. The van der Waals surface area contributed by atoms with Crippen LogP contribution < -0.4 is 16.0 Å². The minimum Gasteiger partial charge on any atom is -0.397 e. The molecule has 140 valence electrons. The second-order valence-corrected chi connectivity index (χ2v) is 7.53. The van der Waals surface area contributed by atoms with Gasteiger partial charge in [0.25, 0.3) is 0 Å². The highest BCUT2D eigenvalue weighted by Gasteiger charge is 2.23. The number of amides is 2. The van der Waals surface area contributed by atoms with Gasteiger partial charge in [-0.3, -0.25) is 5.32 Å². The third-order valence-corrected chi connectivity index (χ3v) is 4.36. The van der Waals surface area contributed by atoms with Gasteiger partial charge in [-0.25, -0.2) is 9.78 Å². The smallest absolute Gasteiger partial charge is 0.323 e. The molecule has 0 aromatic carbocycles. The Labute approximate surface area is 153 Å². The zero-order chi connectivity index (χ0) is 18.7. The molecule has 0 radical (unpaired) electrons. The summed E-state index contributed by atoms with van der Waals surface area (Å²) in [5.74, 6) is 2.07. The normalized spacial score (nSPS) is 15.7. The number of carbonyl (C=O) groups excluding carboxylic acids is 1. The molecule has 0 bridgehead atoms. The molecule has 8 nitrogen and oxygen atoms in total. The number of carbonyl (C=O) groups is 1. The molecule has 1 aliphatic rings. The van der Waals surface area contributed by atoms with E-state index in [1.165, 1.54) is 0 Å². The van der Waals surface area contributed by atoms with Gasteiger partial charge in [-0.1, -0.05) is 25.9 Å². The lowest BCUT2D eigenvalue weighted by Gasteiger charge is -2.22. The van der Waals surface area contributed by atoms with Crippen molar-refractivity contribution in [1.29, 1.82) is 0 Å². The van der Waals surface area contributed by atoms with Gasteiger partial charge >= 0.3 is 6.03 Å². The fourth-order valence-electron chi connectivity index (χ4n) is 2.81. The fourth-order valence-corrected chi connectivity index (χ4v) is 2.81. The summed E-state index contributed by atoms with van der Waals surface area (Å²) in [5, 5.41) is 6.77. The van der Waals surface area contributed by atoms with Crippen molar-refractivity contribution in [2.24, 2.45) is 0 Å². The number of pyridine rings is 1. The summed E-state index contributed by atoms with van der Waals surface area (Å²) in [6, 6.07) is 5.37. The van der Waals surface area contributed by atoms with E-state index in [9.17, 15) is 4.79 Å². The first kappa shape index (κ1) is 18.0. The van der Waals surface area contributed by atoms with E-state index in [4.69, 9.17) is 10.3 Å². The molecule has 0 saturated carbocycles. The molecular weight excluding hydrogens is 332 g/mol. The number of hydrogen-bond donors (Lipinski definition) is 2. The monoisotopic (exact) mass is 358 g/mol. The molecule has 0 atom stereocenters. The Kier molecular flexibility index (Phi) is 5.01. The van der Waals surface area contributed by atoms with E-state index in [0.717, 1.165) is 31.1 Å². The Bertz CT molecular complexity index is 750. The van der Waals surface area contributed by atoms with Crippen LogP contribution in [0.3, 0.4) is 0 Å². The number of rotatable bonds is 2. The molecule has 2 amide bonds. The Morgan fingerprint density at radius 3 is 2.69 bits per heavy atom. The standard InChI is InChI=1S/C18H26N6O2/c1-18(2,3)14-11-15(22-26-14)21-17(25)24-8-4-7-23(9-10-24)16-6-5-13(19)12-20-16/h5-6,11-12H,4,7-10,19H2,1-3H3,(H,21,22,25). The molecule has 3 heterocycles. The van der Waals surface area contributed by atoms with Crippen LogP contribution in [0, 0.1) is 0 Å². The van der Waals surface area contributed by atoms with Gasteiger partial charge in [0, 0.05) is 37.7 Å². The molecule has 0 aliphatic carbocycles. The number of aromatic nitrogens is 2. The van der Waals surface area contributed by atoms with Crippen LogP contribution in [0.15, 0.2) is 28.9 Å². The Hall–Kier alpha value is -2.77. The van der Waals surface area contributed by atoms with E-state index in [2.05, 4.69) is 20.4 Å². The summed E-state index contributed by atoms with van der Waals surface area (Å²) >= 11 is 0. The number of hydrogen-bond acceptors (Lipinski definition) is 6. The van der Waals surface area contributed by atoms with Crippen LogP contribution in [-0.4, -0.2) is 47.3 Å². The topological polar surface area (TPSA) is 101 Å². The van der Waals surface area contributed by atoms with Crippen LogP contribution in [0.4, 0.5) is 22.1 Å². The van der Waals surface area contributed by atoms with E-state index < -0.39 is 0 Å². The van der Waals surface area contributed by atoms with E-state index in [1.54, 1.807) is 17.2 Å². The van der Waals surface area contributed by atoms with Crippen molar-refractivity contribution in [3.05, 3.63) is 30.2 Å². The maximum atomic E-state index is 12.5. The Morgan fingerprint density at radius 1 is 1.23 bits per heavy atom. The number of nitrogen functional groups attached to an aromatic ring is 1.